The molecule has 1 aliphatic rings. The zero-order chi connectivity index (χ0) is 15.6. The van der Waals surface area contributed by atoms with Crippen LogP contribution in [0.2, 0.25) is 0 Å². The summed E-state index contributed by atoms with van der Waals surface area (Å²) in [5, 5.41) is 3.08. The Balaban J connectivity index is 2.29. The third kappa shape index (κ3) is 3.37. The Hall–Kier alpha value is -1.14. The van der Waals surface area contributed by atoms with Crippen LogP contribution in [0.3, 0.4) is 0 Å². The SMILES string of the molecule is CCC1OCCC1C(NC)c1ccc(C(F)(F)F)c(F)c1. The number of rotatable bonds is 4. The molecule has 0 spiro atoms. The molecule has 1 aromatic rings. The van der Waals surface area contributed by atoms with E-state index in [2.05, 4.69) is 5.32 Å². The first-order valence-corrected chi connectivity index (χ1v) is 7.04. The summed E-state index contributed by atoms with van der Waals surface area (Å²) in [6, 6.07) is 2.92. The molecule has 1 saturated heterocycles. The molecule has 3 unspecified atom stereocenters. The van der Waals surface area contributed by atoms with Crippen LogP contribution in [-0.2, 0) is 10.9 Å². The van der Waals surface area contributed by atoms with E-state index >= 15 is 0 Å². The van der Waals surface area contributed by atoms with Crippen molar-refractivity contribution < 1.29 is 22.3 Å². The van der Waals surface area contributed by atoms with E-state index in [0.717, 1.165) is 25.0 Å². The van der Waals surface area contributed by atoms with Gasteiger partial charge in [-0.1, -0.05) is 13.0 Å². The minimum absolute atomic E-state index is 0.0489. The van der Waals surface area contributed by atoms with E-state index in [0.29, 0.717) is 12.2 Å². The van der Waals surface area contributed by atoms with Gasteiger partial charge in [0.15, 0.2) is 0 Å². The van der Waals surface area contributed by atoms with Crippen molar-refractivity contribution in [2.45, 2.75) is 38.1 Å². The summed E-state index contributed by atoms with van der Waals surface area (Å²) in [5.74, 6) is -1.09. The van der Waals surface area contributed by atoms with Crippen LogP contribution >= 0.6 is 0 Å². The molecule has 1 N–H and O–H groups in total. The fourth-order valence-electron chi connectivity index (χ4n) is 3.05. The smallest absolute Gasteiger partial charge is 0.378 e. The standard InChI is InChI=1S/C15H19F4NO/c1-3-13-10(6-7-21-13)14(20-2)9-4-5-11(12(16)8-9)15(17,18)19/h4-5,8,10,13-14,20H,3,6-7H2,1-2H3. The van der Waals surface area contributed by atoms with Crippen molar-refractivity contribution in [1.82, 2.24) is 5.32 Å². The highest BCUT2D eigenvalue weighted by atomic mass is 19.4. The van der Waals surface area contributed by atoms with Crippen LogP contribution in [-0.4, -0.2) is 19.8 Å². The quantitative estimate of drug-likeness (QED) is 0.851. The lowest BCUT2D eigenvalue weighted by Crippen LogP contribution is -2.30. The van der Waals surface area contributed by atoms with Crippen LogP contribution in [0.4, 0.5) is 17.6 Å². The molecule has 1 heterocycles. The number of ether oxygens (including phenoxy) is 1. The summed E-state index contributed by atoms with van der Waals surface area (Å²) in [4.78, 5) is 0. The fourth-order valence-corrected chi connectivity index (χ4v) is 3.05. The highest BCUT2D eigenvalue weighted by Crippen LogP contribution is 2.37. The maximum absolute atomic E-state index is 13.7. The third-order valence-corrected chi connectivity index (χ3v) is 4.06. The van der Waals surface area contributed by atoms with Crippen molar-refractivity contribution in [1.29, 1.82) is 0 Å². The molecule has 6 heteroatoms. The van der Waals surface area contributed by atoms with E-state index in [1.807, 2.05) is 6.92 Å². The van der Waals surface area contributed by atoms with Crippen molar-refractivity contribution >= 4 is 0 Å². The van der Waals surface area contributed by atoms with Gasteiger partial charge in [0.25, 0.3) is 0 Å². The van der Waals surface area contributed by atoms with Crippen molar-refractivity contribution in [2.24, 2.45) is 5.92 Å². The fraction of sp³-hybridized carbons (Fsp3) is 0.600. The summed E-state index contributed by atoms with van der Waals surface area (Å²) < 4.78 is 57.2. The molecule has 21 heavy (non-hydrogen) atoms. The minimum Gasteiger partial charge on any atom is -0.378 e. The molecule has 0 aliphatic carbocycles. The van der Waals surface area contributed by atoms with Gasteiger partial charge in [-0.3, -0.25) is 0 Å². The molecular weight excluding hydrogens is 286 g/mol. The van der Waals surface area contributed by atoms with Crippen LogP contribution in [0.1, 0.15) is 36.9 Å². The van der Waals surface area contributed by atoms with Crippen molar-refractivity contribution in [2.75, 3.05) is 13.7 Å². The van der Waals surface area contributed by atoms with Gasteiger partial charge in [-0.2, -0.15) is 13.2 Å². The Morgan fingerprint density at radius 3 is 2.62 bits per heavy atom. The predicted molar refractivity (Wildman–Crippen MR) is 71.3 cm³/mol. The zero-order valence-electron chi connectivity index (χ0n) is 12.0. The Morgan fingerprint density at radius 1 is 1.38 bits per heavy atom. The first-order chi connectivity index (χ1) is 9.88. The van der Waals surface area contributed by atoms with E-state index in [-0.39, 0.29) is 18.1 Å². The third-order valence-electron chi connectivity index (χ3n) is 4.06. The number of halogens is 4. The molecular formula is C15H19F4NO. The Kier molecular flexibility index (Phi) is 4.88. The molecule has 2 nitrogen and oxygen atoms in total. The lowest BCUT2D eigenvalue weighted by Gasteiger charge is -2.27. The van der Waals surface area contributed by atoms with Gasteiger partial charge in [0.1, 0.15) is 5.82 Å². The average Bonchev–Trinajstić information content (AvgIpc) is 2.86. The second-order valence-electron chi connectivity index (χ2n) is 5.27. The summed E-state index contributed by atoms with van der Waals surface area (Å²) in [6.45, 7) is 2.63. The maximum atomic E-state index is 13.7. The predicted octanol–water partition coefficient (Wildman–Crippen LogP) is 3.92. The minimum atomic E-state index is -4.67. The lowest BCUT2D eigenvalue weighted by atomic mass is 9.86. The van der Waals surface area contributed by atoms with Crippen LogP contribution in [0.25, 0.3) is 0 Å². The summed E-state index contributed by atoms with van der Waals surface area (Å²) in [7, 11) is 1.73. The van der Waals surface area contributed by atoms with Gasteiger partial charge >= 0.3 is 6.18 Å². The number of hydrogen-bond acceptors (Lipinski definition) is 2. The van der Waals surface area contributed by atoms with E-state index in [4.69, 9.17) is 4.74 Å². The first kappa shape index (κ1) is 16.2. The highest BCUT2D eigenvalue weighted by Gasteiger charge is 2.37. The monoisotopic (exact) mass is 305 g/mol. The Morgan fingerprint density at radius 2 is 2.10 bits per heavy atom. The van der Waals surface area contributed by atoms with Gasteiger partial charge in [0.05, 0.1) is 11.7 Å². The van der Waals surface area contributed by atoms with Crippen LogP contribution in [0, 0.1) is 11.7 Å². The second kappa shape index (κ2) is 6.32. The van der Waals surface area contributed by atoms with Crippen molar-refractivity contribution in [3.05, 3.63) is 35.1 Å². The number of benzene rings is 1. The Bertz CT molecular complexity index is 489. The van der Waals surface area contributed by atoms with Crippen LogP contribution in [0.15, 0.2) is 18.2 Å². The van der Waals surface area contributed by atoms with Crippen LogP contribution in [0.5, 0.6) is 0 Å². The van der Waals surface area contributed by atoms with Gasteiger partial charge in [-0.25, -0.2) is 4.39 Å². The molecule has 0 bridgehead atoms. The zero-order valence-corrected chi connectivity index (χ0v) is 12.0. The molecule has 3 atom stereocenters. The molecule has 1 fully saturated rings. The van der Waals surface area contributed by atoms with E-state index < -0.39 is 17.6 Å². The van der Waals surface area contributed by atoms with Gasteiger partial charge in [0.2, 0.25) is 0 Å². The molecule has 1 aromatic carbocycles. The second-order valence-corrected chi connectivity index (χ2v) is 5.27. The summed E-state index contributed by atoms with van der Waals surface area (Å²) >= 11 is 0. The average molecular weight is 305 g/mol. The van der Waals surface area contributed by atoms with Crippen LogP contribution < -0.4 is 5.32 Å². The molecule has 118 valence electrons. The molecule has 0 amide bonds. The number of nitrogens with one attached hydrogen (secondary N) is 1. The largest absolute Gasteiger partial charge is 0.419 e. The van der Waals surface area contributed by atoms with Crippen molar-refractivity contribution in [3.63, 3.8) is 0 Å². The molecule has 0 saturated carbocycles. The first-order valence-electron chi connectivity index (χ1n) is 7.04. The highest BCUT2D eigenvalue weighted by molar-refractivity contribution is 5.29. The van der Waals surface area contributed by atoms with E-state index in [9.17, 15) is 17.6 Å². The van der Waals surface area contributed by atoms with Gasteiger partial charge in [-0.05, 0) is 37.6 Å². The summed E-state index contributed by atoms with van der Waals surface area (Å²) in [5.41, 5.74) is -0.701. The topological polar surface area (TPSA) is 21.3 Å². The molecule has 0 aromatic heterocycles. The number of hydrogen-bond donors (Lipinski definition) is 1. The van der Waals surface area contributed by atoms with Gasteiger partial charge in [-0.15, -0.1) is 0 Å². The van der Waals surface area contributed by atoms with Gasteiger partial charge in [0, 0.05) is 18.6 Å². The normalized spacial score (nSPS) is 24.3. The Labute approximate surface area is 121 Å². The van der Waals surface area contributed by atoms with E-state index in [1.54, 1.807) is 7.05 Å². The molecule has 1 aliphatic heterocycles. The molecule has 2 rings (SSSR count). The maximum Gasteiger partial charge on any atom is 0.419 e. The van der Waals surface area contributed by atoms with Gasteiger partial charge < -0.3 is 10.1 Å². The lowest BCUT2D eigenvalue weighted by molar-refractivity contribution is -0.140. The summed E-state index contributed by atoms with van der Waals surface area (Å²) in [6.07, 6.45) is -2.98. The van der Waals surface area contributed by atoms with Crippen molar-refractivity contribution in [3.8, 4) is 0 Å². The number of alkyl halides is 3. The molecule has 0 radical (unpaired) electrons. The van der Waals surface area contributed by atoms with E-state index in [1.165, 1.54) is 6.07 Å².